The number of benzene rings is 1. The number of methoxy groups -OCH3 is 2. The summed E-state index contributed by atoms with van der Waals surface area (Å²) in [5.74, 6) is 1.40. The molecule has 164 valence electrons. The first kappa shape index (κ1) is 21.2. The molecule has 0 amide bonds. The Kier molecular flexibility index (Phi) is 6.22. The van der Waals surface area contributed by atoms with Crippen molar-refractivity contribution in [1.29, 1.82) is 0 Å². The zero-order chi connectivity index (χ0) is 22.5. The average Bonchev–Trinajstić information content (AvgIpc) is 3.26. The molecule has 0 radical (unpaired) electrons. The van der Waals surface area contributed by atoms with Crippen LogP contribution in [0.25, 0.3) is 34.0 Å². The Bertz CT molecular complexity index is 1210. The SMILES string of the molecule is COCCNc1nccc(-c2[nH]c(-c3ccc(F)cc3)nc2-c2cnc(N)c(OC)c2)n1. The summed E-state index contributed by atoms with van der Waals surface area (Å²) in [4.78, 5) is 21.1. The molecule has 4 aromatic rings. The first-order valence-corrected chi connectivity index (χ1v) is 9.81. The van der Waals surface area contributed by atoms with E-state index in [4.69, 9.17) is 20.2 Å². The molecule has 32 heavy (non-hydrogen) atoms. The Balaban J connectivity index is 1.81. The second kappa shape index (κ2) is 9.40. The van der Waals surface area contributed by atoms with Crippen LogP contribution >= 0.6 is 0 Å². The van der Waals surface area contributed by atoms with Gasteiger partial charge in [0.1, 0.15) is 17.3 Å². The molecule has 0 saturated heterocycles. The molecule has 0 unspecified atom stereocenters. The number of nitrogens with two attached hydrogens (primary N) is 1. The number of imidazole rings is 1. The van der Waals surface area contributed by atoms with Crippen LogP contribution in [0.1, 0.15) is 0 Å². The van der Waals surface area contributed by atoms with E-state index in [0.29, 0.717) is 53.3 Å². The van der Waals surface area contributed by atoms with E-state index in [2.05, 4.69) is 25.3 Å². The highest BCUT2D eigenvalue weighted by Gasteiger charge is 2.18. The minimum atomic E-state index is -0.323. The number of aromatic nitrogens is 5. The van der Waals surface area contributed by atoms with Crippen LogP contribution in [-0.2, 0) is 4.74 Å². The fourth-order valence-electron chi connectivity index (χ4n) is 3.11. The molecule has 0 aliphatic rings. The summed E-state index contributed by atoms with van der Waals surface area (Å²) in [6.45, 7) is 1.09. The van der Waals surface area contributed by atoms with Crippen LogP contribution in [0.3, 0.4) is 0 Å². The minimum Gasteiger partial charge on any atom is -0.493 e. The van der Waals surface area contributed by atoms with E-state index in [1.807, 2.05) is 0 Å². The van der Waals surface area contributed by atoms with Gasteiger partial charge >= 0.3 is 0 Å². The van der Waals surface area contributed by atoms with Gasteiger partial charge in [0.25, 0.3) is 0 Å². The number of hydrogen-bond donors (Lipinski definition) is 3. The van der Waals surface area contributed by atoms with E-state index in [1.165, 1.54) is 19.2 Å². The van der Waals surface area contributed by atoms with Crippen LogP contribution < -0.4 is 15.8 Å². The van der Waals surface area contributed by atoms with Crippen molar-refractivity contribution in [3.63, 3.8) is 0 Å². The van der Waals surface area contributed by atoms with E-state index >= 15 is 0 Å². The van der Waals surface area contributed by atoms with Crippen molar-refractivity contribution in [1.82, 2.24) is 24.9 Å². The number of nitrogens with zero attached hydrogens (tertiary/aromatic N) is 4. The highest BCUT2D eigenvalue weighted by molar-refractivity contribution is 5.80. The van der Waals surface area contributed by atoms with Gasteiger partial charge in [-0.05, 0) is 36.4 Å². The Morgan fingerprint density at radius 3 is 2.62 bits per heavy atom. The molecule has 10 heteroatoms. The summed E-state index contributed by atoms with van der Waals surface area (Å²) in [6.07, 6.45) is 3.27. The number of ether oxygens (including phenoxy) is 2. The Labute approximate surface area is 183 Å². The molecular weight excluding hydrogens is 413 g/mol. The smallest absolute Gasteiger partial charge is 0.223 e. The number of H-pyrrole nitrogens is 1. The molecule has 0 atom stereocenters. The zero-order valence-electron chi connectivity index (χ0n) is 17.6. The summed E-state index contributed by atoms with van der Waals surface area (Å²) < 4.78 is 23.8. The van der Waals surface area contributed by atoms with Crippen LogP contribution in [0.15, 0.2) is 48.8 Å². The van der Waals surface area contributed by atoms with Crippen molar-refractivity contribution in [2.75, 3.05) is 38.4 Å². The Morgan fingerprint density at radius 2 is 1.88 bits per heavy atom. The van der Waals surface area contributed by atoms with Gasteiger partial charge in [0.05, 0.1) is 25.1 Å². The van der Waals surface area contributed by atoms with Gasteiger partial charge < -0.3 is 25.5 Å². The lowest BCUT2D eigenvalue weighted by atomic mass is 10.1. The van der Waals surface area contributed by atoms with Crippen LogP contribution in [0.2, 0.25) is 0 Å². The second-order valence-electron chi connectivity index (χ2n) is 6.81. The quantitative estimate of drug-likeness (QED) is 0.360. The second-order valence-corrected chi connectivity index (χ2v) is 6.81. The Morgan fingerprint density at radius 1 is 1.06 bits per heavy atom. The minimum absolute atomic E-state index is 0.277. The first-order chi connectivity index (χ1) is 15.6. The lowest BCUT2D eigenvalue weighted by molar-refractivity contribution is 0.210. The van der Waals surface area contributed by atoms with E-state index < -0.39 is 0 Å². The highest BCUT2D eigenvalue weighted by Crippen LogP contribution is 2.34. The number of nitrogen functional groups attached to an aromatic ring is 1. The van der Waals surface area contributed by atoms with Crippen molar-refractivity contribution >= 4 is 11.8 Å². The number of aromatic amines is 1. The normalized spacial score (nSPS) is 10.8. The fourth-order valence-corrected chi connectivity index (χ4v) is 3.11. The molecule has 4 N–H and O–H groups in total. The third-order valence-electron chi connectivity index (χ3n) is 4.70. The van der Waals surface area contributed by atoms with Crippen molar-refractivity contribution in [3.05, 3.63) is 54.6 Å². The van der Waals surface area contributed by atoms with E-state index in [-0.39, 0.29) is 11.6 Å². The van der Waals surface area contributed by atoms with Crippen molar-refractivity contribution in [2.45, 2.75) is 0 Å². The molecule has 1 aromatic carbocycles. The van der Waals surface area contributed by atoms with Crippen LogP contribution in [0.5, 0.6) is 5.75 Å². The predicted octanol–water partition coefficient (Wildman–Crippen LogP) is 3.38. The van der Waals surface area contributed by atoms with Crippen molar-refractivity contribution < 1.29 is 13.9 Å². The standard InChI is InChI=1S/C22H22FN7O2/c1-31-10-9-26-22-25-8-7-16(28-22)19-18(14-11-17(32-2)20(24)27-12-14)29-21(30-19)13-3-5-15(23)6-4-13/h3-8,11-12H,9-10H2,1-2H3,(H2,24,27)(H,29,30)(H,25,26,28). The van der Waals surface area contributed by atoms with Gasteiger partial charge in [-0.1, -0.05) is 0 Å². The average molecular weight is 435 g/mol. The molecule has 0 aliphatic carbocycles. The van der Waals surface area contributed by atoms with E-state index in [0.717, 1.165) is 5.56 Å². The molecule has 3 aromatic heterocycles. The number of pyridine rings is 1. The lowest BCUT2D eigenvalue weighted by Gasteiger charge is -2.08. The molecule has 0 aliphatic heterocycles. The Hall–Kier alpha value is -4.05. The number of rotatable bonds is 8. The van der Waals surface area contributed by atoms with E-state index in [9.17, 15) is 4.39 Å². The van der Waals surface area contributed by atoms with Gasteiger partial charge in [-0.3, -0.25) is 0 Å². The molecule has 0 saturated carbocycles. The monoisotopic (exact) mass is 435 g/mol. The van der Waals surface area contributed by atoms with Crippen molar-refractivity contribution in [3.8, 4) is 39.8 Å². The topological polar surface area (TPSA) is 124 Å². The molecular formula is C22H22FN7O2. The van der Waals surface area contributed by atoms with Crippen molar-refractivity contribution in [2.24, 2.45) is 0 Å². The zero-order valence-corrected chi connectivity index (χ0v) is 17.6. The summed E-state index contributed by atoms with van der Waals surface area (Å²) in [5.41, 5.74) is 9.14. The third kappa shape index (κ3) is 4.49. The number of nitrogens with one attached hydrogen (secondary N) is 2. The maximum absolute atomic E-state index is 13.4. The molecule has 0 bridgehead atoms. The van der Waals surface area contributed by atoms with Crippen LogP contribution in [0.4, 0.5) is 16.2 Å². The van der Waals surface area contributed by atoms with Gasteiger partial charge in [-0.2, -0.15) is 0 Å². The fraction of sp³-hybridized carbons (Fsp3) is 0.182. The molecule has 9 nitrogen and oxygen atoms in total. The summed E-state index contributed by atoms with van der Waals surface area (Å²) in [7, 11) is 3.15. The first-order valence-electron chi connectivity index (χ1n) is 9.81. The number of halogens is 1. The largest absolute Gasteiger partial charge is 0.493 e. The van der Waals surface area contributed by atoms with Gasteiger partial charge in [0.2, 0.25) is 5.95 Å². The van der Waals surface area contributed by atoms with Crippen LogP contribution in [-0.4, -0.2) is 52.3 Å². The lowest BCUT2D eigenvalue weighted by Crippen LogP contribution is -2.10. The predicted molar refractivity (Wildman–Crippen MR) is 120 cm³/mol. The third-order valence-corrected chi connectivity index (χ3v) is 4.70. The molecule has 4 rings (SSSR count). The van der Waals surface area contributed by atoms with Crippen LogP contribution in [0, 0.1) is 5.82 Å². The van der Waals surface area contributed by atoms with Gasteiger partial charge in [-0.25, -0.2) is 24.3 Å². The summed E-state index contributed by atoms with van der Waals surface area (Å²) >= 11 is 0. The molecule has 0 spiro atoms. The molecule has 3 heterocycles. The maximum atomic E-state index is 13.4. The summed E-state index contributed by atoms with van der Waals surface area (Å²) in [5, 5.41) is 3.11. The van der Waals surface area contributed by atoms with Gasteiger partial charge in [-0.15, -0.1) is 0 Å². The van der Waals surface area contributed by atoms with Gasteiger partial charge in [0.15, 0.2) is 11.6 Å². The maximum Gasteiger partial charge on any atom is 0.223 e. The van der Waals surface area contributed by atoms with Gasteiger partial charge in [0, 0.05) is 37.2 Å². The molecule has 0 fully saturated rings. The number of anilines is 2. The number of hydrogen-bond acceptors (Lipinski definition) is 8. The highest BCUT2D eigenvalue weighted by atomic mass is 19.1. The summed E-state index contributed by atoms with van der Waals surface area (Å²) in [6, 6.07) is 9.60. The van der Waals surface area contributed by atoms with E-state index in [1.54, 1.807) is 43.8 Å².